The Morgan fingerprint density at radius 2 is 1.69 bits per heavy atom. The molecule has 0 spiro atoms. The molecular formula is C27H25N3O5. The average Bonchev–Trinajstić information content (AvgIpc) is 3.21. The van der Waals surface area contributed by atoms with Crippen LogP contribution in [0.2, 0.25) is 0 Å². The van der Waals surface area contributed by atoms with Gasteiger partial charge in [0.1, 0.15) is 5.75 Å². The fraction of sp³-hybridized carbons (Fsp3) is 0.148. The van der Waals surface area contributed by atoms with Crippen molar-refractivity contribution in [2.45, 2.75) is 13.3 Å². The first kappa shape index (κ1) is 23.6. The van der Waals surface area contributed by atoms with Crippen molar-refractivity contribution < 1.29 is 23.9 Å². The summed E-state index contributed by atoms with van der Waals surface area (Å²) in [6.07, 6.45) is 0.0164. The van der Waals surface area contributed by atoms with Gasteiger partial charge < -0.3 is 25.4 Å². The van der Waals surface area contributed by atoms with Gasteiger partial charge in [0.15, 0.2) is 0 Å². The maximum atomic E-state index is 13.1. The van der Waals surface area contributed by atoms with E-state index in [-0.39, 0.29) is 17.6 Å². The first-order valence-corrected chi connectivity index (χ1v) is 11.2. The molecule has 0 aliphatic carbocycles. The predicted molar refractivity (Wildman–Crippen MR) is 134 cm³/mol. The third-order valence-corrected chi connectivity index (χ3v) is 5.37. The molecular weight excluding hydrogens is 446 g/mol. The zero-order valence-electron chi connectivity index (χ0n) is 19.4. The van der Waals surface area contributed by atoms with Crippen molar-refractivity contribution in [3.63, 3.8) is 0 Å². The molecule has 1 aliphatic rings. The lowest BCUT2D eigenvalue weighted by Gasteiger charge is -2.15. The van der Waals surface area contributed by atoms with Gasteiger partial charge in [-0.05, 0) is 48.4 Å². The van der Waals surface area contributed by atoms with Gasteiger partial charge in [-0.15, -0.1) is 0 Å². The quantitative estimate of drug-likeness (QED) is 0.257. The number of nitrogens with one attached hydrogen (secondary N) is 3. The molecule has 178 valence electrons. The van der Waals surface area contributed by atoms with Crippen LogP contribution in [0.3, 0.4) is 0 Å². The van der Waals surface area contributed by atoms with Crippen molar-refractivity contribution in [1.82, 2.24) is 5.32 Å². The van der Waals surface area contributed by atoms with Crippen molar-refractivity contribution in [3.05, 3.63) is 89.5 Å². The van der Waals surface area contributed by atoms with Crippen LogP contribution in [-0.2, 0) is 9.53 Å². The van der Waals surface area contributed by atoms with Gasteiger partial charge in [-0.3, -0.25) is 9.59 Å². The Hall–Kier alpha value is -4.59. The summed E-state index contributed by atoms with van der Waals surface area (Å²) in [5.74, 6) is -0.172. The molecule has 2 amide bonds. The highest BCUT2D eigenvalue weighted by molar-refractivity contribution is 6.37. The van der Waals surface area contributed by atoms with E-state index in [0.29, 0.717) is 34.6 Å². The highest BCUT2D eigenvalue weighted by Crippen LogP contribution is 2.39. The number of rotatable bonds is 7. The molecule has 1 heterocycles. The van der Waals surface area contributed by atoms with Crippen LogP contribution in [0, 0.1) is 0 Å². The lowest BCUT2D eigenvalue weighted by molar-refractivity contribution is -0.110. The Kier molecular flexibility index (Phi) is 7.11. The molecule has 4 rings (SSSR count). The van der Waals surface area contributed by atoms with Gasteiger partial charge in [-0.2, -0.15) is 0 Å². The molecule has 3 aromatic rings. The summed E-state index contributed by atoms with van der Waals surface area (Å²) >= 11 is 0. The van der Waals surface area contributed by atoms with E-state index in [1.807, 2.05) is 37.3 Å². The van der Waals surface area contributed by atoms with E-state index in [9.17, 15) is 14.4 Å². The van der Waals surface area contributed by atoms with Gasteiger partial charge in [0, 0.05) is 29.4 Å². The van der Waals surface area contributed by atoms with Crippen molar-refractivity contribution in [3.8, 4) is 5.75 Å². The number of fused-ring (bicyclic) bond motifs is 1. The minimum atomic E-state index is -0.844. The normalized spacial score (nSPS) is 13.4. The van der Waals surface area contributed by atoms with Crippen molar-refractivity contribution in [2.24, 2.45) is 0 Å². The zero-order chi connectivity index (χ0) is 24.8. The largest absolute Gasteiger partial charge is 0.513 e. The second-order valence-corrected chi connectivity index (χ2v) is 7.79. The second kappa shape index (κ2) is 10.6. The molecule has 0 fully saturated rings. The minimum Gasteiger partial charge on any atom is -0.437 e. The van der Waals surface area contributed by atoms with E-state index in [2.05, 4.69) is 20.7 Å². The molecule has 0 saturated carbocycles. The van der Waals surface area contributed by atoms with E-state index in [1.165, 1.54) is 7.11 Å². The van der Waals surface area contributed by atoms with Gasteiger partial charge >= 0.3 is 6.16 Å². The molecule has 35 heavy (non-hydrogen) atoms. The molecule has 8 heteroatoms. The Morgan fingerprint density at radius 3 is 2.37 bits per heavy atom. The third-order valence-electron chi connectivity index (χ3n) is 5.37. The van der Waals surface area contributed by atoms with Crippen LogP contribution in [0.1, 0.15) is 34.8 Å². The summed E-state index contributed by atoms with van der Waals surface area (Å²) in [4.78, 5) is 36.8. The summed E-state index contributed by atoms with van der Waals surface area (Å²) in [7, 11) is 1.22. The molecule has 0 radical (unpaired) electrons. The summed E-state index contributed by atoms with van der Waals surface area (Å²) in [6.45, 7) is 2.61. The van der Waals surface area contributed by atoms with Crippen LogP contribution in [-0.4, -0.2) is 31.6 Å². The monoisotopic (exact) mass is 471 g/mol. The Balaban J connectivity index is 1.70. The molecule has 0 saturated heterocycles. The Bertz CT molecular complexity index is 1280. The minimum absolute atomic E-state index is 0.130. The van der Waals surface area contributed by atoms with Crippen LogP contribution in [0.5, 0.6) is 5.75 Å². The average molecular weight is 472 g/mol. The van der Waals surface area contributed by atoms with E-state index in [1.54, 1.807) is 42.5 Å². The second-order valence-electron chi connectivity index (χ2n) is 7.79. The molecule has 1 aliphatic heterocycles. The number of carbonyl (C=O) groups is 3. The van der Waals surface area contributed by atoms with Crippen molar-refractivity contribution in [1.29, 1.82) is 0 Å². The smallest absolute Gasteiger partial charge is 0.437 e. The lowest BCUT2D eigenvalue weighted by Crippen LogP contribution is -2.23. The van der Waals surface area contributed by atoms with E-state index in [0.717, 1.165) is 17.7 Å². The topological polar surface area (TPSA) is 106 Å². The maximum absolute atomic E-state index is 13.1. The maximum Gasteiger partial charge on any atom is 0.513 e. The number of benzene rings is 3. The van der Waals surface area contributed by atoms with Crippen molar-refractivity contribution >= 4 is 40.6 Å². The zero-order valence-corrected chi connectivity index (χ0v) is 19.4. The lowest BCUT2D eigenvalue weighted by atomic mass is 10.00. The summed E-state index contributed by atoms with van der Waals surface area (Å²) < 4.78 is 9.61. The van der Waals surface area contributed by atoms with Crippen LogP contribution in [0.25, 0.3) is 11.3 Å². The predicted octanol–water partition coefficient (Wildman–Crippen LogP) is 4.90. The number of hydrogen-bond acceptors (Lipinski definition) is 6. The molecule has 0 aromatic heterocycles. The first-order valence-electron chi connectivity index (χ1n) is 11.2. The van der Waals surface area contributed by atoms with E-state index < -0.39 is 6.16 Å². The van der Waals surface area contributed by atoms with Gasteiger partial charge in [0.05, 0.1) is 24.1 Å². The van der Waals surface area contributed by atoms with Crippen LogP contribution in [0.4, 0.5) is 16.2 Å². The number of hydrogen-bond donors (Lipinski definition) is 3. The molecule has 3 aromatic carbocycles. The molecule has 0 bridgehead atoms. The van der Waals surface area contributed by atoms with Crippen LogP contribution in [0.15, 0.2) is 72.8 Å². The number of anilines is 2. The van der Waals surface area contributed by atoms with Crippen LogP contribution >= 0.6 is 0 Å². The molecule has 3 N–H and O–H groups in total. The number of methoxy groups -OCH3 is 1. The number of amides is 2. The number of carbonyl (C=O) groups excluding carboxylic acids is 3. The summed E-state index contributed by atoms with van der Waals surface area (Å²) in [6, 6.07) is 21.4. The van der Waals surface area contributed by atoms with E-state index >= 15 is 0 Å². The SMILES string of the molecule is CCCNC(=O)c1ccc(N/C(=C2\C(=O)Nc3cc(OC(=O)OC)ccc32)c2ccccc2)cc1. The van der Waals surface area contributed by atoms with Gasteiger partial charge in [-0.25, -0.2) is 4.79 Å². The standard InChI is InChI=1S/C27H25N3O5/c1-3-15-28-25(31)18-9-11-19(12-10-18)29-24(17-7-5-4-6-8-17)23-21-14-13-20(35-27(33)34-2)16-22(21)30-26(23)32/h4-14,16,29H,3,15H2,1-2H3,(H,28,31)(H,30,32)/b24-23-. The fourth-order valence-corrected chi connectivity index (χ4v) is 3.68. The molecule has 0 atom stereocenters. The highest BCUT2D eigenvalue weighted by atomic mass is 16.7. The van der Waals surface area contributed by atoms with Gasteiger partial charge in [0.25, 0.3) is 11.8 Å². The van der Waals surface area contributed by atoms with Gasteiger partial charge in [-0.1, -0.05) is 37.3 Å². The van der Waals surface area contributed by atoms with Gasteiger partial charge in [0.2, 0.25) is 0 Å². The van der Waals surface area contributed by atoms with Crippen molar-refractivity contribution in [2.75, 3.05) is 24.3 Å². The third kappa shape index (κ3) is 5.33. The summed E-state index contributed by atoms with van der Waals surface area (Å²) in [5, 5.41) is 9.05. The Labute approximate surface area is 202 Å². The summed E-state index contributed by atoms with van der Waals surface area (Å²) in [5.41, 5.74) is 4.31. The Morgan fingerprint density at radius 1 is 0.943 bits per heavy atom. The van der Waals surface area contributed by atoms with Crippen LogP contribution < -0.4 is 20.7 Å². The molecule has 0 unspecified atom stereocenters. The number of ether oxygens (including phenoxy) is 2. The molecule has 8 nitrogen and oxygen atoms in total. The van der Waals surface area contributed by atoms with E-state index in [4.69, 9.17) is 4.74 Å². The first-order chi connectivity index (χ1) is 17.0. The highest BCUT2D eigenvalue weighted by Gasteiger charge is 2.29. The fourth-order valence-electron chi connectivity index (χ4n) is 3.68.